The Kier molecular flexibility index (Phi) is 1.74. The fourth-order valence-corrected chi connectivity index (χ4v) is 1.25. The van der Waals surface area contributed by atoms with Gasteiger partial charge >= 0.3 is 0 Å². The van der Waals surface area contributed by atoms with Gasteiger partial charge in [-0.05, 0) is 0 Å². The predicted octanol–water partition coefficient (Wildman–Crippen LogP) is 0.840. The molecule has 0 aliphatic heterocycles. The minimum Gasteiger partial charge on any atom is -0.171 e. The Labute approximate surface area is 67.4 Å². The van der Waals surface area contributed by atoms with Gasteiger partial charge < -0.3 is 0 Å². The van der Waals surface area contributed by atoms with Gasteiger partial charge in [0.15, 0.2) is 5.69 Å². The van der Waals surface area contributed by atoms with Gasteiger partial charge in [0.2, 0.25) is 5.69 Å². The molecule has 0 saturated heterocycles. The van der Waals surface area contributed by atoms with Gasteiger partial charge in [0.05, 0.1) is 7.05 Å². The first-order valence-corrected chi connectivity index (χ1v) is 3.84. The fraction of sp³-hybridized carbons (Fsp3) is 0.750. The molecular formula is C8H16N3+. The van der Waals surface area contributed by atoms with Crippen molar-refractivity contribution in [2.45, 2.75) is 33.1 Å². The van der Waals surface area contributed by atoms with Crippen LogP contribution in [0.2, 0.25) is 0 Å². The molecular weight excluding hydrogens is 138 g/mol. The van der Waals surface area contributed by atoms with Crippen LogP contribution >= 0.6 is 0 Å². The normalized spacial score (nSPS) is 12.1. The van der Waals surface area contributed by atoms with Gasteiger partial charge in [0.25, 0.3) is 0 Å². The Morgan fingerprint density at radius 3 is 2.09 bits per heavy atom. The summed E-state index contributed by atoms with van der Waals surface area (Å²) in [5.41, 5.74) is 2.46. The number of aryl methyl sites for hydroxylation is 2. The molecule has 0 radical (unpaired) electrons. The van der Waals surface area contributed by atoms with E-state index in [1.54, 1.807) is 4.80 Å². The van der Waals surface area contributed by atoms with Crippen molar-refractivity contribution in [3.05, 3.63) is 11.4 Å². The van der Waals surface area contributed by atoms with Crippen LogP contribution in [0.25, 0.3) is 0 Å². The average molecular weight is 154 g/mol. The number of aromatic amines is 1. The third kappa shape index (κ3) is 1.59. The zero-order valence-corrected chi connectivity index (χ0v) is 7.89. The van der Waals surface area contributed by atoms with E-state index in [0.29, 0.717) is 0 Å². The quantitative estimate of drug-likeness (QED) is 0.545. The molecule has 1 aromatic heterocycles. The van der Waals surface area contributed by atoms with Crippen LogP contribution in [0.15, 0.2) is 0 Å². The number of hydrogen-bond acceptors (Lipinski definition) is 1. The molecule has 11 heavy (non-hydrogen) atoms. The maximum atomic E-state index is 4.24. The fourth-order valence-electron chi connectivity index (χ4n) is 1.25. The highest BCUT2D eigenvalue weighted by Gasteiger charge is 2.25. The van der Waals surface area contributed by atoms with Crippen molar-refractivity contribution in [1.82, 2.24) is 9.90 Å². The number of aromatic nitrogens is 3. The molecule has 0 atom stereocenters. The summed E-state index contributed by atoms with van der Waals surface area (Å²) in [5, 5.41) is 7.43. The van der Waals surface area contributed by atoms with E-state index in [1.165, 1.54) is 5.69 Å². The van der Waals surface area contributed by atoms with Crippen LogP contribution in [0.4, 0.5) is 0 Å². The molecule has 0 unspecified atom stereocenters. The molecule has 3 heteroatoms. The molecule has 0 spiro atoms. The lowest BCUT2D eigenvalue weighted by molar-refractivity contribution is -0.505. The smallest absolute Gasteiger partial charge is 0.171 e. The average Bonchev–Trinajstić information content (AvgIpc) is 2.08. The van der Waals surface area contributed by atoms with Crippen LogP contribution < -0.4 is 5.10 Å². The molecule has 1 heterocycles. The highest BCUT2D eigenvalue weighted by atomic mass is 15.5. The maximum Gasteiger partial charge on any atom is 0.219 e. The van der Waals surface area contributed by atoms with E-state index in [1.807, 2.05) is 14.0 Å². The summed E-state index contributed by atoms with van der Waals surface area (Å²) in [6.45, 7) is 8.55. The van der Waals surface area contributed by atoms with E-state index >= 15 is 0 Å². The van der Waals surface area contributed by atoms with Crippen molar-refractivity contribution < 1.29 is 5.10 Å². The molecule has 1 aromatic rings. The molecule has 0 amide bonds. The molecule has 0 aromatic carbocycles. The third-order valence-corrected chi connectivity index (χ3v) is 1.69. The zero-order chi connectivity index (χ0) is 8.65. The van der Waals surface area contributed by atoms with Gasteiger partial charge in [-0.1, -0.05) is 25.6 Å². The molecule has 0 saturated carbocycles. The number of rotatable bonds is 0. The van der Waals surface area contributed by atoms with Crippen molar-refractivity contribution in [2.24, 2.45) is 7.05 Å². The Morgan fingerprint density at radius 1 is 1.36 bits per heavy atom. The van der Waals surface area contributed by atoms with Crippen LogP contribution in [-0.4, -0.2) is 9.90 Å². The van der Waals surface area contributed by atoms with Crippen molar-refractivity contribution in [2.75, 3.05) is 0 Å². The largest absolute Gasteiger partial charge is 0.219 e. The molecule has 3 nitrogen and oxygen atoms in total. The van der Waals surface area contributed by atoms with E-state index in [9.17, 15) is 0 Å². The molecule has 0 aliphatic carbocycles. The Morgan fingerprint density at radius 2 is 1.91 bits per heavy atom. The highest BCUT2D eigenvalue weighted by molar-refractivity contribution is 5.10. The molecule has 1 N–H and O–H groups in total. The van der Waals surface area contributed by atoms with Gasteiger partial charge in [-0.25, -0.2) is 0 Å². The summed E-state index contributed by atoms with van der Waals surface area (Å²) in [6.07, 6.45) is 0. The summed E-state index contributed by atoms with van der Waals surface area (Å²) in [7, 11) is 1.90. The topological polar surface area (TPSA) is 32.0 Å². The summed E-state index contributed by atoms with van der Waals surface area (Å²) in [4.78, 5) is 1.75. The second-order valence-electron chi connectivity index (χ2n) is 3.95. The Hall–Kier alpha value is -0.860. The first kappa shape index (κ1) is 8.24. The molecule has 0 bridgehead atoms. The zero-order valence-electron chi connectivity index (χ0n) is 7.89. The van der Waals surface area contributed by atoms with Crippen LogP contribution in [0.3, 0.4) is 0 Å². The van der Waals surface area contributed by atoms with Crippen molar-refractivity contribution in [3.8, 4) is 0 Å². The Bertz CT molecular complexity index is 255. The van der Waals surface area contributed by atoms with Gasteiger partial charge in [-0.15, -0.1) is 0 Å². The summed E-state index contributed by atoms with van der Waals surface area (Å²) in [5.74, 6) is 0. The van der Waals surface area contributed by atoms with Crippen molar-refractivity contribution in [3.63, 3.8) is 0 Å². The molecule has 0 aliphatic rings. The van der Waals surface area contributed by atoms with E-state index in [-0.39, 0.29) is 5.41 Å². The van der Waals surface area contributed by atoms with Crippen LogP contribution in [-0.2, 0) is 12.5 Å². The van der Waals surface area contributed by atoms with Gasteiger partial charge in [0, 0.05) is 17.4 Å². The number of nitrogens with one attached hydrogen (secondary N) is 1. The van der Waals surface area contributed by atoms with E-state index < -0.39 is 0 Å². The second-order valence-corrected chi connectivity index (χ2v) is 3.95. The summed E-state index contributed by atoms with van der Waals surface area (Å²) >= 11 is 0. The van der Waals surface area contributed by atoms with Crippen LogP contribution in [0.1, 0.15) is 32.2 Å². The minimum atomic E-state index is 0.165. The highest BCUT2D eigenvalue weighted by Crippen LogP contribution is 2.19. The first-order chi connectivity index (χ1) is 4.91. The van der Waals surface area contributed by atoms with Crippen molar-refractivity contribution in [1.29, 1.82) is 0 Å². The number of nitrogens with zero attached hydrogens (tertiary/aromatic N) is 2. The standard InChI is InChI=1S/C8H15N3/c1-6-7(8(2,3)4)10-11(5)9-6/h1-5H3/p+1. The van der Waals surface area contributed by atoms with Gasteiger partial charge in [-0.3, -0.25) is 0 Å². The molecule has 0 fully saturated rings. The van der Waals surface area contributed by atoms with E-state index in [0.717, 1.165) is 5.69 Å². The molecule has 1 rings (SSSR count). The maximum absolute atomic E-state index is 4.24. The predicted molar refractivity (Wildman–Crippen MR) is 43.2 cm³/mol. The van der Waals surface area contributed by atoms with Gasteiger partial charge in [0.1, 0.15) is 0 Å². The van der Waals surface area contributed by atoms with Crippen LogP contribution in [0.5, 0.6) is 0 Å². The lowest BCUT2D eigenvalue weighted by atomic mass is 9.91. The second kappa shape index (κ2) is 2.32. The summed E-state index contributed by atoms with van der Waals surface area (Å²) in [6, 6.07) is 0. The number of H-pyrrole nitrogens is 1. The molecule has 62 valence electrons. The van der Waals surface area contributed by atoms with E-state index in [4.69, 9.17) is 0 Å². The summed E-state index contributed by atoms with van der Waals surface area (Å²) < 4.78 is 0. The third-order valence-electron chi connectivity index (χ3n) is 1.69. The van der Waals surface area contributed by atoms with Crippen molar-refractivity contribution >= 4 is 0 Å². The van der Waals surface area contributed by atoms with Gasteiger partial charge in [-0.2, -0.15) is 5.10 Å². The van der Waals surface area contributed by atoms with E-state index in [2.05, 4.69) is 31.0 Å². The lowest BCUT2D eigenvalue weighted by Gasteiger charge is -2.11. The van der Waals surface area contributed by atoms with Crippen LogP contribution in [0, 0.1) is 6.92 Å². The first-order valence-electron chi connectivity index (χ1n) is 3.84. The SMILES string of the molecule is Cc1nn(C)[nH+]c1C(C)(C)C. The Balaban J connectivity index is 3.13. The minimum absolute atomic E-state index is 0.165. The number of hydrogen-bond donors (Lipinski definition) is 0. The lowest BCUT2D eigenvalue weighted by Crippen LogP contribution is -2.27. The monoisotopic (exact) mass is 154 g/mol.